The number of amides is 2. The number of nitrogens with zero attached hydrogens (tertiary/aromatic N) is 1. The molecule has 2 amide bonds. The smallest absolute Gasteiger partial charge is 0.308 e. The molecule has 0 saturated heterocycles. The Bertz CT molecular complexity index is 817. The summed E-state index contributed by atoms with van der Waals surface area (Å²) in [5, 5.41) is 2.67. The van der Waals surface area contributed by atoms with Crippen LogP contribution in [-0.2, 0) is 19.1 Å². The number of carbonyl (C=O) groups is 3. The van der Waals surface area contributed by atoms with Gasteiger partial charge in [0.1, 0.15) is 11.5 Å². The SMILES string of the molecule is C[C@@H](NC(=O)COC(=O)CCN1C(=O)COc2ccccc21)c1ccco1. The number of hydrogen-bond acceptors (Lipinski definition) is 6. The molecule has 1 aromatic heterocycles. The molecule has 1 aliphatic heterocycles. The van der Waals surface area contributed by atoms with Gasteiger partial charge in [0.2, 0.25) is 0 Å². The fourth-order valence-electron chi connectivity index (χ4n) is 2.71. The van der Waals surface area contributed by atoms with E-state index in [0.717, 1.165) is 0 Å². The first kappa shape index (κ1) is 18.5. The zero-order valence-corrected chi connectivity index (χ0v) is 14.8. The van der Waals surface area contributed by atoms with Crippen molar-refractivity contribution >= 4 is 23.5 Å². The van der Waals surface area contributed by atoms with E-state index in [1.54, 1.807) is 37.3 Å². The molecule has 3 rings (SSSR count). The molecule has 142 valence electrons. The molecular formula is C19H20N2O6. The minimum Gasteiger partial charge on any atom is -0.482 e. The van der Waals surface area contributed by atoms with Crippen LogP contribution >= 0.6 is 0 Å². The van der Waals surface area contributed by atoms with Crippen molar-refractivity contribution in [2.75, 3.05) is 24.7 Å². The molecule has 0 saturated carbocycles. The van der Waals surface area contributed by atoms with Crippen LogP contribution in [0, 0.1) is 0 Å². The van der Waals surface area contributed by atoms with Crippen molar-refractivity contribution in [3.63, 3.8) is 0 Å². The molecule has 1 N–H and O–H groups in total. The Morgan fingerprint density at radius 3 is 2.85 bits per heavy atom. The van der Waals surface area contributed by atoms with E-state index in [2.05, 4.69) is 5.32 Å². The lowest BCUT2D eigenvalue weighted by atomic mass is 10.2. The lowest BCUT2D eigenvalue weighted by molar-refractivity contribution is -0.148. The Labute approximate surface area is 156 Å². The molecule has 0 spiro atoms. The van der Waals surface area contributed by atoms with E-state index in [-0.39, 0.29) is 31.5 Å². The molecule has 2 heterocycles. The first-order valence-electron chi connectivity index (χ1n) is 8.55. The van der Waals surface area contributed by atoms with Crippen LogP contribution < -0.4 is 15.0 Å². The van der Waals surface area contributed by atoms with Crippen LogP contribution in [0.3, 0.4) is 0 Å². The first-order chi connectivity index (χ1) is 13.0. The lowest BCUT2D eigenvalue weighted by Crippen LogP contribution is -2.40. The Morgan fingerprint density at radius 2 is 2.07 bits per heavy atom. The number of hydrogen-bond donors (Lipinski definition) is 1. The van der Waals surface area contributed by atoms with E-state index in [4.69, 9.17) is 13.9 Å². The van der Waals surface area contributed by atoms with Gasteiger partial charge < -0.3 is 24.1 Å². The second kappa shape index (κ2) is 8.39. The van der Waals surface area contributed by atoms with Crippen LogP contribution in [-0.4, -0.2) is 37.5 Å². The summed E-state index contributed by atoms with van der Waals surface area (Å²) in [5.41, 5.74) is 0.617. The van der Waals surface area contributed by atoms with Gasteiger partial charge in [0.25, 0.3) is 11.8 Å². The first-order valence-corrected chi connectivity index (χ1v) is 8.55. The summed E-state index contributed by atoms with van der Waals surface area (Å²) >= 11 is 0. The van der Waals surface area contributed by atoms with Gasteiger partial charge in [-0.3, -0.25) is 14.4 Å². The average Bonchev–Trinajstić information content (AvgIpc) is 3.20. The second-order valence-corrected chi connectivity index (χ2v) is 6.02. The van der Waals surface area contributed by atoms with Gasteiger partial charge in [-0.2, -0.15) is 0 Å². The molecule has 0 fully saturated rings. The van der Waals surface area contributed by atoms with E-state index in [0.29, 0.717) is 17.2 Å². The highest BCUT2D eigenvalue weighted by molar-refractivity contribution is 5.98. The number of nitrogens with one attached hydrogen (secondary N) is 1. The lowest BCUT2D eigenvalue weighted by Gasteiger charge is -2.28. The summed E-state index contributed by atoms with van der Waals surface area (Å²) < 4.78 is 15.5. The molecular weight excluding hydrogens is 352 g/mol. The van der Waals surface area contributed by atoms with Crippen molar-refractivity contribution in [3.8, 4) is 5.75 Å². The van der Waals surface area contributed by atoms with Crippen LogP contribution in [0.2, 0.25) is 0 Å². The third kappa shape index (κ3) is 4.66. The fraction of sp³-hybridized carbons (Fsp3) is 0.316. The van der Waals surface area contributed by atoms with Gasteiger partial charge in [0.15, 0.2) is 13.2 Å². The molecule has 1 atom stereocenters. The van der Waals surface area contributed by atoms with E-state index < -0.39 is 18.5 Å². The van der Waals surface area contributed by atoms with E-state index >= 15 is 0 Å². The molecule has 8 heteroatoms. The number of benzene rings is 1. The van der Waals surface area contributed by atoms with Crippen molar-refractivity contribution in [1.29, 1.82) is 0 Å². The fourth-order valence-corrected chi connectivity index (χ4v) is 2.71. The summed E-state index contributed by atoms with van der Waals surface area (Å²) in [7, 11) is 0. The Hall–Kier alpha value is -3.29. The summed E-state index contributed by atoms with van der Waals surface area (Å²) in [5.74, 6) is -0.0185. The highest BCUT2D eigenvalue weighted by Gasteiger charge is 2.25. The molecule has 1 aromatic carbocycles. The Kier molecular flexibility index (Phi) is 5.75. The number of esters is 1. The van der Waals surface area contributed by atoms with Crippen LogP contribution in [0.1, 0.15) is 25.1 Å². The van der Waals surface area contributed by atoms with E-state index in [1.807, 2.05) is 6.07 Å². The van der Waals surface area contributed by atoms with Gasteiger partial charge >= 0.3 is 5.97 Å². The maximum Gasteiger partial charge on any atom is 0.308 e. The monoisotopic (exact) mass is 372 g/mol. The number of rotatable bonds is 7. The van der Waals surface area contributed by atoms with Crippen molar-refractivity contribution in [2.45, 2.75) is 19.4 Å². The van der Waals surface area contributed by atoms with Crippen molar-refractivity contribution < 1.29 is 28.3 Å². The molecule has 0 unspecified atom stereocenters. The van der Waals surface area contributed by atoms with Gasteiger partial charge in [0, 0.05) is 6.54 Å². The average molecular weight is 372 g/mol. The van der Waals surface area contributed by atoms with Crippen molar-refractivity contribution in [2.24, 2.45) is 0 Å². The molecule has 1 aliphatic rings. The molecule has 27 heavy (non-hydrogen) atoms. The normalized spacial score (nSPS) is 14.1. The maximum absolute atomic E-state index is 12.0. The third-order valence-electron chi connectivity index (χ3n) is 4.06. The number of para-hydroxylation sites is 2. The Morgan fingerprint density at radius 1 is 1.26 bits per heavy atom. The molecule has 0 radical (unpaired) electrons. The minimum atomic E-state index is -0.562. The minimum absolute atomic E-state index is 0.0267. The van der Waals surface area contributed by atoms with Gasteiger partial charge in [-0.05, 0) is 31.2 Å². The van der Waals surface area contributed by atoms with Crippen molar-refractivity contribution in [3.05, 3.63) is 48.4 Å². The highest BCUT2D eigenvalue weighted by atomic mass is 16.5. The van der Waals surface area contributed by atoms with Crippen molar-refractivity contribution in [1.82, 2.24) is 5.32 Å². The van der Waals surface area contributed by atoms with Gasteiger partial charge in [0.05, 0.1) is 24.4 Å². The maximum atomic E-state index is 12.0. The van der Waals surface area contributed by atoms with Gasteiger partial charge in [-0.25, -0.2) is 0 Å². The quantitative estimate of drug-likeness (QED) is 0.745. The predicted octanol–water partition coefficient (Wildman–Crippen LogP) is 1.82. The molecule has 0 aliphatic carbocycles. The summed E-state index contributed by atoms with van der Waals surface area (Å²) in [6, 6.07) is 10.3. The zero-order chi connectivity index (χ0) is 19.2. The van der Waals surface area contributed by atoms with Crippen LogP contribution in [0.15, 0.2) is 47.1 Å². The van der Waals surface area contributed by atoms with E-state index in [9.17, 15) is 14.4 Å². The highest BCUT2D eigenvalue weighted by Crippen LogP contribution is 2.31. The molecule has 2 aromatic rings. The summed E-state index contributed by atoms with van der Waals surface area (Å²) in [4.78, 5) is 37.3. The standard InChI is InChI=1S/C19H20N2O6/c1-13(15-7-4-10-25-15)20-17(22)11-27-19(24)8-9-21-14-5-2-3-6-16(14)26-12-18(21)23/h2-7,10,13H,8-9,11-12H2,1H3,(H,20,22)/t13-/m1/s1. The van der Waals surface area contributed by atoms with Crippen LogP contribution in [0.25, 0.3) is 0 Å². The number of furan rings is 1. The number of carbonyl (C=O) groups excluding carboxylic acids is 3. The summed E-state index contributed by atoms with van der Waals surface area (Å²) in [6.45, 7) is 1.46. The number of fused-ring (bicyclic) bond motifs is 1. The zero-order valence-electron chi connectivity index (χ0n) is 14.8. The van der Waals surface area contributed by atoms with Crippen LogP contribution in [0.4, 0.5) is 5.69 Å². The summed E-state index contributed by atoms with van der Waals surface area (Å²) in [6.07, 6.45) is 1.49. The topological polar surface area (TPSA) is 98.1 Å². The number of ether oxygens (including phenoxy) is 2. The predicted molar refractivity (Wildman–Crippen MR) is 95.1 cm³/mol. The van der Waals surface area contributed by atoms with E-state index in [1.165, 1.54) is 11.2 Å². The number of anilines is 1. The third-order valence-corrected chi connectivity index (χ3v) is 4.06. The Balaban J connectivity index is 1.45. The largest absolute Gasteiger partial charge is 0.482 e. The second-order valence-electron chi connectivity index (χ2n) is 6.02. The van der Waals surface area contributed by atoms with Crippen LogP contribution in [0.5, 0.6) is 5.75 Å². The van der Waals surface area contributed by atoms with Gasteiger partial charge in [-0.1, -0.05) is 12.1 Å². The molecule has 0 bridgehead atoms. The van der Waals surface area contributed by atoms with Gasteiger partial charge in [-0.15, -0.1) is 0 Å². The molecule has 8 nitrogen and oxygen atoms in total.